The van der Waals surface area contributed by atoms with Crippen LogP contribution in [0.5, 0.6) is 23.0 Å². The number of fused-ring (bicyclic) bond motifs is 2. The van der Waals surface area contributed by atoms with Crippen LogP contribution in [0.15, 0.2) is 97.1 Å². The molecule has 69 heavy (non-hydrogen) atoms. The molecule has 4 aromatic carbocycles. The Labute approximate surface area is 398 Å². The summed E-state index contributed by atoms with van der Waals surface area (Å²) in [5.41, 5.74) is 5.00. The first-order valence-electron chi connectivity index (χ1n) is 22.6. The Hall–Kier alpha value is -8.10. The maximum atomic E-state index is 5.82. The van der Waals surface area contributed by atoms with Crippen LogP contribution in [-0.4, -0.2) is 143 Å². The highest BCUT2D eigenvalue weighted by Gasteiger charge is 2.30. The second-order valence-corrected chi connectivity index (χ2v) is 16.4. The third-order valence-electron chi connectivity index (χ3n) is 12.1. The van der Waals surface area contributed by atoms with Gasteiger partial charge in [-0.15, -0.1) is 20.4 Å². The maximum absolute atomic E-state index is 5.82. The summed E-state index contributed by atoms with van der Waals surface area (Å²) < 4.78 is 28.1. The summed E-state index contributed by atoms with van der Waals surface area (Å²) in [6.45, 7) is 5.88. The predicted molar refractivity (Wildman–Crippen MR) is 261 cm³/mol. The zero-order valence-electron chi connectivity index (χ0n) is 39.1. The molecule has 4 aromatic heterocycles. The molecule has 0 N–H and O–H groups in total. The number of hydrogen-bond acceptors (Lipinski definition) is 20. The summed E-state index contributed by atoms with van der Waals surface area (Å²) >= 11 is 0. The number of piperazine rings is 1. The van der Waals surface area contributed by atoms with Crippen molar-refractivity contribution in [1.82, 2.24) is 55.2 Å². The lowest BCUT2D eigenvalue weighted by molar-refractivity contribution is 0.122. The van der Waals surface area contributed by atoms with Crippen molar-refractivity contribution in [3.8, 4) is 45.8 Å². The molecule has 8 aromatic rings. The molecule has 20 heteroatoms. The summed E-state index contributed by atoms with van der Waals surface area (Å²) in [6.07, 6.45) is 0. The van der Waals surface area contributed by atoms with Gasteiger partial charge in [0.25, 0.3) is 0 Å². The van der Waals surface area contributed by atoms with Crippen molar-refractivity contribution >= 4 is 45.9 Å². The van der Waals surface area contributed by atoms with Gasteiger partial charge < -0.3 is 38.4 Å². The Morgan fingerprint density at radius 1 is 0.478 bits per heavy atom. The van der Waals surface area contributed by atoms with E-state index in [1.165, 1.54) is 0 Å². The molecule has 20 nitrogen and oxygen atoms in total. The molecular formula is C49H51N15O5. The molecule has 0 spiro atoms. The van der Waals surface area contributed by atoms with Gasteiger partial charge >= 0.3 is 0 Å². The molecule has 0 radical (unpaired) electrons. The first-order valence-corrected chi connectivity index (χ1v) is 22.6. The second kappa shape index (κ2) is 20.0. The zero-order chi connectivity index (χ0) is 47.3. The van der Waals surface area contributed by atoms with Crippen LogP contribution in [-0.2, 0) is 17.8 Å². The molecule has 0 atom stereocenters. The van der Waals surface area contributed by atoms with E-state index >= 15 is 0 Å². The molecule has 352 valence electrons. The molecule has 10 rings (SSSR count). The standard InChI is InChI=1S/C49H51N15O5/c1-60-20-22-61(23-21-60)46-40-44(58-56-42(50-40)34-16-18-36(65-2)38(28-34)67-4)52-48(54-46)63(30-32-12-8-6-9-13-32)64(31-33-14-10-7-11-15-33)49-53-45-41(47(55-49)62-24-26-69-27-25-62)51-43(57-59-45)35-17-19-37(66-3)39(29-35)68-5/h6-19,28-29H,20-27,30-31H2,1-5H3. The number of methoxy groups -OCH3 is 4. The van der Waals surface area contributed by atoms with Crippen molar-refractivity contribution in [2.24, 2.45) is 0 Å². The smallest absolute Gasteiger partial charge is 0.249 e. The van der Waals surface area contributed by atoms with Crippen LogP contribution < -0.4 is 38.8 Å². The molecule has 2 aliphatic rings. The average molecular weight is 930 g/mol. The van der Waals surface area contributed by atoms with Crippen molar-refractivity contribution in [2.75, 3.05) is 108 Å². The van der Waals surface area contributed by atoms with Gasteiger partial charge in [0.05, 0.1) is 54.7 Å². The van der Waals surface area contributed by atoms with E-state index in [0.717, 1.165) is 24.2 Å². The minimum Gasteiger partial charge on any atom is -0.493 e. The lowest BCUT2D eigenvalue weighted by Gasteiger charge is -2.37. The summed E-state index contributed by atoms with van der Waals surface area (Å²) in [7, 11) is 8.50. The van der Waals surface area contributed by atoms with E-state index in [1.807, 2.05) is 82.8 Å². The summed E-state index contributed by atoms with van der Waals surface area (Å²) in [5.74, 6) is 4.93. The maximum Gasteiger partial charge on any atom is 0.249 e. The van der Waals surface area contributed by atoms with Gasteiger partial charge in [0, 0.05) is 50.4 Å². The molecule has 0 amide bonds. The quantitative estimate of drug-likeness (QED) is 0.117. The minimum absolute atomic E-state index is 0.304. The Morgan fingerprint density at radius 2 is 0.913 bits per heavy atom. The van der Waals surface area contributed by atoms with Crippen molar-refractivity contribution < 1.29 is 23.7 Å². The van der Waals surface area contributed by atoms with Crippen LogP contribution in [0.4, 0.5) is 23.5 Å². The number of ether oxygens (including phenoxy) is 5. The lowest BCUT2D eigenvalue weighted by Crippen LogP contribution is -2.46. The van der Waals surface area contributed by atoms with Crippen molar-refractivity contribution in [1.29, 1.82) is 0 Å². The van der Waals surface area contributed by atoms with Crippen molar-refractivity contribution in [2.45, 2.75) is 13.1 Å². The van der Waals surface area contributed by atoms with E-state index in [4.69, 9.17) is 63.8 Å². The zero-order valence-corrected chi connectivity index (χ0v) is 39.1. The lowest BCUT2D eigenvalue weighted by atomic mass is 10.2. The van der Waals surface area contributed by atoms with Crippen LogP contribution in [0, 0.1) is 0 Å². The Morgan fingerprint density at radius 3 is 1.35 bits per heavy atom. The van der Waals surface area contributed by atoms with Crippen LogP contribution in [0.2, 0.25) is 0 Å². The summed E-state index contributed by atoms with van der Waals surface area (Å²) in [4.78, 5) is 38.1. The van der Waals surface area contributed by atoms with Gasteiger partial charge in [0.1, 0.15) is 0 Å². The number of hydrogen-bond donors (Lipinski definition) is 0. The number of anilines is 4. The number of nitrogens with zero attached hydrogens (tertiary/aromatic N) is 15. The first kappa shape index (κ1) is 44.7. The van der Waals surface area contributed by atoms with Gasteiger partial charge in [-0.05, 0) is 54.6 Å². The number of rotatable bonds is 15. The highest BCUT2D eigenvalue weighted by Crippen LogP contribution is 2.36. The van der Waals surface area contributed by atoms with Crippen molar-refractivity contribution in [3.05, 3.63) is 108 Å². The third-order valence-corrected chi connectivity index (χ3v) is 12.1. The van der Waals surface area contributed by atoms with E-state index in [-0.39, 0.29) is 0 Å². The van der Waals surface area contributed by atoms with Crippen LogP contribution in [0.3, 0.4) is 0 Å². The molecule has 2 aliphatic heterocycles. The molecule has 0 saturated carbocycles. The van der Waals surface area contributed by atoms with Crippen molar-refractivity contribution in [3.63, 3.8) is 0 Å². The number of benzene rings is 4. The number of aromatic nitrogens is 10. The van der Waals surface area contributed by atoms with Gasteiger partial charge in [0.2, 0.25) is 23.2 Å². The normalized spacial score (nSPS) is 14.2. The molecule has 2 saturated heterocycles. The van der Waals surface area contributed by atoms with Gasteiger partial charge in [-0.25, -0.2) is 20.0 Å². The van der Waals surface area contributed by atoms with E-state index in [0.29, 0.717) is 144 Å². The summed E-state index contributed by atoms with van der Waals surface area (Å²) in [6, 6.07) is 31.3. The van der Waals surface area contributed by atoms with E-state index in [1.54, 1.807) is 28.4 Å². The van der Waals surface area contributed by atoms with Crippen LogP contribution in [0.25, 0.3) is 45.1 Å². The predicted octanol–water partition coefficient (Wildman–Crippen LogP) is 5.53. The number of morpholine rings is 1. The minimum atomic E-state index is 0.304. The molecule has 0 unspecified atom stereocenters. The molecule has 0 aliphatic carbocycles. The Bertz CT molecular complexity index is 3070. The topological polar surface area (TPSA) is 191 Å². The fraction of sp³-hybridized carbons (Fsp3) is 0.306. The Kier molecular flexibility index (Phi) is 13.0. The molecular weight excluding hydrogens is 879 g/mol. The fourth-order valence-electron chi connectivity index (χ4n) is 8.33. The van der Waals surface area contributed by atoms with Crippen LogP contribution in [0.1, 0.15) is 11.1 Å². The molecule has 6 heterocycles. The van der Waals surface area contributed by atoms with E-state index in [9.17, 15) is 0 Å². The molecule has 0 bridgehead atoms. The fourth-order valence-corrected chi connectivity index (χ4v) is 8.33. The second-order valence-electron chi connectivity index (χ2n) is 16.4. The largest absolute Gasteiger partial charge is 0.493 e. The molecule has 2 fully saturated rings. The Balaban J connectivity index is 1.16. The monoisotopic (exact) mass is 929 g/mol. The van der Waals surface area contributed by atoms with Gasteiger partial charge in [-0.1, -0.05) is 60.7 Å². The summed E-state index contributed by atoms with van der Waals surface area (Å²) in [5, 5.41) is 22.7. The van der Waals surface area contributed by atoms with Crippen LogP contribution >= 0.6 is 0 Å². The first-order chi connectivity index (χ1) is 33.9. The van der Waals surface area contributed by atoms with Gasteiger partial charge in [-0.2, -0.15) is 19.9 Å². The highest BCUT2D eigenvalue weighted by molar-refractivity contribution is 5.87. The van der Waals surface area contributed by atoms with E-state index in [2.05, 4.69) is 56.2 Å². The highest BCUT2D eigenvalue weighted by atomic mass is 16.5. The van der Waals surface area contributed by atoms with Gasteiger partial charge in [-0.3, -0.25) is 0 Å². The van der Waals surface area contributed by atoms with Gasteiger partial charge in [0.15, 0.2) is 57.3 Å². The third kappa shape index (κ3) is 9.43. The number of hydrazine groups is 1. The van der Waals surface area contributed by atoms with E-state index < -0.39 is 0 Å². The number of likely N-dealkylation sites (N-methyl/N-ethyl adjacent to an activating group) is 1. The average Bonchev–Trinajstić information content (AvgIpc) is 3.41. The SMILES string of the molecule is COc1ccc(-c2nnc3nc(N(Cc4ccccc4)N(Cc4ccccc4)c4nc(N5CCN(C)CC5)c5nc(-c6ccc(OC)c(OC)c6)nnc5n4)nc(N4CCOCC4)c3n2)cc1OC.